The standard InChI is InChI=1S/C12H20N2O2/c1-13-7-5-11-15-9-3-4-10-16-12-6-8-14-2/h3-12H2. The van der Waals surface area contributed by atoms with E-state index >= 15 is 0 Å². The first-order valence-electron chi connectivity index (χ1n) is 5.73. The summed E-state index contributed by atoms with van der Waals surface area (Å²) in [6, 6.07) is 0. The maximum absolute atomic E-state index is 6.58. The van der Waals surface area contributed by atoms with Crippen LogP contribution in [0.15, 0.2) is 0 Å². The van der Waals surface area contributed by atoms with Crippen LogP contribution < -0.4 is 0 Å². The van der Waals surface area contributed by atoms with E-state index in [0.717, 1.165) is 38.9 Å². The third-order valence-electron chi connectivity index (χ3n) is 1.94. The second kappa shape index (κ2) is 13.9. The van der Waals surface area contributed by atoms with Crippen LogP contribution >= 0.6 is 0 Å². The highest BCUT2D eigenvalue weighted by Gasteiger charge is 1.93. The maximum atomic E-state index is 6.58. The first kappa shape index (κ1) is 14.9. The molecule has 0 aliphatic heterocycles. The Bertz CT molecular complexity index is 194. The van der Waals surface area contributed by atoms with Gasteiger partial charge in [0.1, 0.15) is 0 Å². The fraction of sp³-hybridized carbons (Fsp3) is 0.833. The van der Waals surface area contributed by atoms with E-state index in [2.05, 4.69) is 9.69 Å². The molecule has 0 unspecified atom stereocenters. The molecule has 0 aliphatic carbocycles. The quantitative estimate of drug-likeness (QED) is 0.398. The lowest BCUT2D eigenvalue weighted by Crippen LogP contribution is -2.02. The van der Waals surface area contributed by atoms with Crippen molar-refractivity contribution in [3.8, 4) is 0 Å². The Morgan fingerprint density at radius 3 is 1.38 bits per heavy atom. The van der Waals surface area contributed by atoms with E-state index < -0.39 is 0 Å². The van der Waals surface area contributed by atoms with E-state index in [9.17, 15) is 0 Å². The summed E-state index contributed by atoms with van der Waals surface area (Å²) >= 11 is 0. The van der Waals surface area contributed by atoms with Gasteiger partial charge in [-0.1, -0.05) is 0 Å². The summed E-state index contributed by atoms with van der Waals surface area (Å²) in [5.41, 5.74) is 0. The van der Waals surface area contributed by atoms with E-state index in [1.54, 1.807) is 0 Å². The van der Waals surface area contributed by atoms with Gasteiger partial charge in [0, 0.05) is 26.1 Å². The second-order valence-electron chi connectivity index (χ2n) is 3.40. The monoisotopic (exact) mass is 224 g/mol. The van der Waals surface area contributed by atoms with E-state index in [-0.39, 0.29) is 0 Å². The Hall–Kier alpha value is -1.10. The molecule has 0 spiro atoms. The van der Waals surface area contributed by atoms with Crippen molar-refractivity contribution in [2.24, 2.45) is 0 Å². The van der Waals surface area contributed by atoms with Crippen molar-refractivity contribution in [3.05, 3.63) is 22.8 Å². The van der Waals surface area contributed by atoms with Crippen molar-refractivity contribution in [2.45, 2.75) is 25.7 Å². The number of hydrogen-bond acceptors (Lipinski definition) is 2. The zero-order valence-corrected chi connectivity index (χ0v) is 9.78. The molecule has 0 N–H and O–H groups in total. The molecule has 0 rings (SSSR count). The van der Waals surface area contributed by atoms with E-state index in [4.69, 9.17) is 22.6 Å². The highest BCUT2D eigenvalue weighted by molar-refractivity contribution is 4.57. The molecule has 0 amide bonds. The molecule has 0 aromatic carbocycles. The van der Waals surface area contributed by atoms with Gasteiger partial charge in [-0.2, -0.15) is 0 Å². The number of nitrogens with zero attached hydrogens (tertiary/aromatic N) is 2. The molecule has 0 radical (unpaired) electrons. The van der Waals surface area contributed by atoms with Crippen molar-refractivity contribution >= 4 is 0 Å². The summed E-state index contributed by atoms with van der Waals surface area (Å²) in [5, 5.41) is 0. The Balaban J connectivity index is 2.89. The number of ether oxygens (including phenoxy) is 2. The van der Waals surface area contributed by atoms with Gasteiger partial charge in [0.2, 0.25) is 13.1 Å². The summed E-state index contributed by atoms with van der Waals surface area (Å²) < 4.78 is 10.7. The van der Waals surface area contributed by atoms with Crippen LogP contribution in [0.1, 0.15) is 25.7 Å². The molecule has 0 saturated heterocycles. The highest BCUT2D eigenvalue weighted by Crippen LogP contribution is 1.94. The third kappa shape index (κ3) is 12.9. The summed E-state index contributed by atoms with van der Waals surface area (Å²) in [4.78, 5) is 6.49. The lowest BCUT2D eigenvalue weighted by atomic mass is 10.3. The first-order chi connectivity index (χ1) is 7.91. The van der Waals surface area contributed by atoms with Gasteiger partial charge in [-0.15, -0.1) is 0 Å². The van der Waals surface area contributed by atoms with E-state index in [1.165, 1.54) is 0 Å². The molecule has 0 fully saturated rings. The number of hydrogen-bond donors (Lipinski definition) is 0. The normalized spacial score (nSPS) is 9.62. The highest BCUT2D eigenvalue weighted by atomic mass is 16.5. The topological polar surface area (TPSA) is 27.2 Å². The Morgan fingerprint density at radius 2 is 1.00 bits per heavy atom. The van der Waals surface area contributed by atoms with Crippen molar-refractivity contribution in [2.75, 3.05) is 39.5 Å². The van der Waals surface area contributed by atoms with E-state index in [1.807, 2.05) is 0 Å². The fourth-order valence-corrected chi connectivity index (χ4v) is 1.10. The summed E-state index contributed by atoms with van der Waals surface area (Å²) in [6.07, 6.45) is 3.66. The molecule has 0 saturated carbocycles. The molecule has 0 aromatic rings. The minimum absolute atomic E-state index is 0.560. The van der Waals surface area contributed by atoms with Gasteiger partial charge >= 0.3 is 0 Å². The van der Waals surface area contributed by atoms with Crippen molar-refractivity contribution in [1.29, 1.82) is 0 Å². The second-order valence-corrected chi connectivity index (χ2v) is 3.40. The molecule has 0 heterocycles. The number of rotatable bonds is 11. The van der Waals surface area contributed by atoms with Gasteiger partial charge in [-0.3, -0.25) is 0 Å². The first-order valence-corrected chi connectivity index (χ1v) is 5.73. The third-order valence-corrected chi connectivity index (χ3v) is 1.94. The minimum atomic E-state index is 0.560. The van der Waals surface area contributed by atoms with Crippen LogP contribution in [0.4, 0.5) is 0 Å². The number of unbranched alkanes of at least 4 members (excludes halogenated alkanes) is 1. The molecule has 4 heteroatoms. The molecule has 0 aromatic heterocycles. The SMILES string of the molecule is [C-]#[N+]CCCOCCCCOCCC[N+]#[C-]. The Morgan fingerprint density at radius 1 is 0.625 bits per heavy atom. The molecule has 4 nitrogen and oxygen atoms in total. The predicted octanol–water partition coefficient (Wildman–Crippen LogP) is 2.42. The van der Waals surface area contributed by atoms with Gasteiger partial charge in [0.15, 0.2) is 0 Å². The van der Waals surface area contributed by atoms with Crippen molar-refractivity contribution in [3.63, 3.8) is 0 Å². The molecule has 0 aliphatic rings. The molecule has 0 bridgehead atoms. The largest absolute Gasteiger partial charge is 0.381 e. The van der Waals surface area contributed by atoms with Gasteiger partial charge < -0.3 is 19.2 Å². The molecular formula is C12H20N2O2. The zero-order chi connectivity index (χ0) is 11.9. The van der Waals surface area contributed by atoms with Crippen LogP contribution in [0.25, 0.3) is 9.69 Å². The smallest absolute Gasteiger partial charge is 0.216 e. The van der Waals surface area contributed by atoms with Crippen LogP contribution in [-0.2, 0) is 9.47 Å². The van der Waals surface area contributed by atoms with Gasteiger partial charge in [-0.05, 0) is 12.8 Å². The zero-order valence-electron chi connectivity index (χ0n) is 9.78. The van der Waals surface area contributed by atoms with Gasteiger partial charge in [0.05, 0.1) is 13.2 Å². The van der Waals surface area contributed by atoms with Crippen LogP contribution in [0.2, 0.25) is 0 Å². The Labute approximate surface area is 98.2 Å². The predicted molar refractivity (Wildman–Crippen MR) is 63.0 cm³/mol. The summed E-state index contributed by atoms with van der Waals surface area (Å²) in [7, 11) is 0. The average molecular weight is 224 g/mol. The van der Waals surface area contributed by atoms with E-state index in [0.29, 0.717) is 26.3 Å². The molecular weight excluding hydrogens is 204 g/mol. The van der Waals surface area contributed by atoms with Crippen molar-refractivity contribution in [1.82, 2.24) is 0 Å². The Kier molecular flexibility index (Phi) is 12.9. The maximum Gasteiger partial charge on any atom is 0.216 e. The summed E-state index contributed by atoms with van der Waals surface area (Å²) in [6.45, 7) is 17.2. The molecule has 16 heavy (non-hydrogen) atoms. The van der Waals surface area contributed by atoms with Crippen LogP contribution in [0, 0.1) is 13.1 Å². The van der Waals surface area contributed by atoms with Crippen LogP contribution in [-0.4, -0.2) is 39.5 Å². The molecule has 90 valence electrons. The fourth-order valence-electron chi connectivity index (χ4n) is 1.10. The van der Waals surface area contributed by atoms with Crippen LogP contribution in [0.5, 0.6) is 0 Å². The lowest BCUT2D eigenvalue weighted by molar-refractivity contribution is 0.103. The van der Waals surface area contributed by atoms with Gasteiger partial charge in [-0.25, -0.2) is 13.1 Å². The lowest BCUT2D eigenvalue weighted by Gasteiger charge is -2.03. The average Bonchev–Trinajstić information content (AvgIpc) is 2.31. The minimum Gasteiger partial charge on any atom is -0.381 e. The van der Waals surface area contributed by atoms with Crippen molar-refractivity contribution < 1.29 is 9.47 Å². The van der Waals surface area contributed by atoms with Gasteiger partial charge in [0.25, 0.3) is 0 Å². The molecule has 0 atom stereocenters. The van der Waals surface area contributed by atoms with Crippen LogP contribution in [0.3, 0.4) is 0 Å². The summed E-state index contributed by atoms with van der Waals surface area (Å²) in [5.74, 6) is 0.